The molecule has 0 unspecified atom stereocenters. The second-order valence-corrected chi connectivity index (χ2v) is 6.87. The Labute approximate surface area is 140 Å². The molecule has 1 fully saturated rings. The highest BCUT2D eigenvalue weighted by Crippen LogP contribution is 2.38. The molecule has 1 aliphatic carbocycles. The van der Waals surface area contributed by atoms with Gasteiger partial charge in [-0.1, -0.05) is 51.7 Å². The number of unbranched alkanes of at least 4 members (excludes halogenated alkanes) is 3. The molecule has 0 heterocycles. The molecule has 0 spiro atoms. The van der Waals surface area contributed by atoms with E-state index in [0.29, 0.717) is 5.92 Å². The van der Waals surface area contributed by atoms with E-state index in [0.717, 1.165) is 24.3 Å². The van der Waals surface area contributed by atoms with Crippen molar-refractivity contribution in [2.75, 3.05) is 0 Å². The van der Waals surface area contributed by atoms with Crippen molar-refractivity contribution < 1.29 is 9.18 Å². The standard InChI is InChI=1S/C21H29FO/c1-3-5-6-7-8-16-9-11-17(12-10-16)18-13-14-19(20(22)15-18)21(23)4-2/h4,13-17H,2-3,5-12H2,1H3/t16-,17-. The fourth-order valence-corrected chi connectivity index (χ4v) is 3.74. The van der Waals surface area contributed by atoms with Crippen molar-refractivity contribution >= 4 is 5.78 Å². The number of carbonyl (C=O) groups is 1. The van der Waals surface area contributed by atoms with E-state index in [1.54, 1.807) is 12.1 Å². The van der Waals surface area contributed by atoms with Crippen LogP contribution in [0.25, 0.3) is 0 Å². The van der Waals surface area contributed by atoms with E-state index in [4.69, 9.17) is 0 Å². The van der Waals surface area contributed by atoms with Gasteiger partial charge in [0.2, 0.25) is 0 Å². The highest BCUT2D eigenvalue weighted by atomic mass is 19.1. The van der Waals surface area contributed by atoms with Crippen LogP contribution in [0.3, 0.4) is 0 Å². The molecule has 0 saturated heterocycles. The first kappa shape index (κ1) is 17.9. The Morgan fingerprint density at radius 1 is 1.22 bits per heavy atom. The Bertz CT molecular complexity index is 527. The molecule has 23 heavy (non-hydrogen) atoms. The van der Waals surface area contributed by atoms with E-state index in [9.17, 15) is 9.18 Å². The molecule has 0 atom stereocenters. The molecule has 1 aliphatic rings. The molecule has 1 aromatic rings. The summed E-state index contributed by atoms with van der Waals surface area (Å²) in [5.74, 6) is 0.553. The van der Waals surface area contributed by atoms with Crippen LogP contribution >= 0.6 is 0 Å². The Morgan fingerprint density at radius 3 is 2.57 bits per heavy atom. The third kappa shape index (κ3) is 5.02. The van der Waals surface area contributed by atoms with Crippen molar-refractivity contribution in [2.45, 2.75) is 70.6 Å². The lowest BCUT2D eigenvalue weighted by Crippen LogP contribution is -2.14. The summed E-state index contributed by atoms with van der Waals surface area (Å²) in [6, 6.07) is 5.10. The molecular formula is C21H29FO. The number of carbonyl (C=O) groups excluding carboxylic acids is 1. The molecule has 2 rings (SSSR count). The van der Waals surface area contributed by atoms with Gasteiger partial charge in [-0.25, -0.2) is 4.39 Å². The Kier molecular flexibility index (Phi) is 7.01. The molecule has 2 heteroatoms. The minimum atomic E-state index is -0.408. The molecule has 0 N–H and O–H groups in total. The molecule has 0 amide bonds. The summed E-state index contributed by atoms with van der Waals surface area (Å²) in [4.78, 5) is 11.6. The van der Waals surface area contributed by atoms with Crippen molar-refractivity contribution in [3.8, 4) is 0 Å². The molecule has 1 saturated carbocycles. The van der Waals surface area contributed by atoms with Crippen LogP contribution in [0.1, 0.15) is 86.6 Å². The minimum absolute atomic E-state index is 0.133. The first-order valence-corrected chi connectivity index (χ1v) is 9.12. The highest BCUT2D eigenvalue weighted by Gasteiger charge is 2.23. The maximum atomic E-state index is 14.1. The van der Waals surface area contributed by atoms with Crippen LogP contribution in [0.5, 0.6) is 0 Å². The van der Waals surface area contributed by atoms with E-state index >= 15 is 0 Å². The third-order valence-corrected chi connectivity index (χ3v) is 5.23. The van der Waals surface area contributed by atoms with Gasteiger partial charge < -0.3 is 0 Å². The smallest absolute Gasteiger partial charge is 0.188 e. The molecule has 1 nitrogen and oxygen atoms in total. The van der Waals surface area contributed by atoms with Gasteiger partial charge in [0.1, 0.15) is 5.82 Å². The van der Waals surface area contributed by atoms with Crippen LogP contribution in [-0.2, 0) is 0 Å². The number of allylic oxidation sites excluding steroid dienone is 1. The maximum absolute atomic E-state index is 14.1. The zero-order valence-electron chi connectivity index (χ0n) is 14.3. The van der Waals surface area contributed by atoms with Gasteiger partial charge in [0.15, 0.2) is 5.78 Å². The van der Waals surface area contributed by atoms with Crippen LogP contribution in [0.4, 0.5) is 4.39 Å². The summed E-state index contributed by atoms with van der Waals surface area (Å²) in [5.41, 5.74) is 1.18. The van der Waals surface area contributed by atoms with Crippen LogP contribution in [0, 0.1) is 11.7 Å². The van der Waals surface area contributed by atoms with Crippen molar-refractivity contribution in [1.82, 2.24) is 0 Å². The molecule has 0 aliphatic heterocycles. The number of hydrogen-bond donors (Lipinski definition) is 0. The van der Waals surface area contributed by atoms with E-state index in [1.807, 2.05) is 6.07 Å². The maximum Gasteiger partial charge on any atom is 0.188 e. The Hall–Kier alpha value is -1.44. The van der Waals surface area contributed by atoms with Gasteiger partial charge in [-0.05, 0) is 61.3 Å². The fraction of sp³-hybridized carbons (Fsp3) is 0.571. The second-order valence-electron chi connectivity index (χ2n) is 6.87. The number of benzene rings is 1. The van der Waals surface area contributed by atoms with Gasteiger partial charge in [-0.3, -0.25) is 4.79 Å². The lowest BCUT2D eigenvalue weighted by molar-refractivity contribution is 0.104. The van der Waals surface area contributed by atoms with Crippen LogP contribution in [-0.4, -0.2) is 5.78 Å². The highest BCUT2D eigenvalue weighted by molar-refractivity contribution is 6.04. The number of rotatable bonds is 8. The van der Waals surface area contributed by atoms with Gasteiger partial charge in [0.05, 0.1) is 5.56 Å². The summed E-state index contributed by atoms with van der Waals surface area (Å²) >= 11 is 0. The summed E-state index contributed by atoms with van der Waals surface area (Å²) in [6.45, 7) is 5.67. The zero-order valence-corrected chi connectivity index (χ0v) is 14.3. The number of hydrogen-bond acceptors (Lipinski definition) is 1. The van der Waals surface area contributed by atoms with Gasteiger partial charge in [0.25, 0.3) is 0 Å². The molecule has 1 aromatic carbocycles. The predicted octanol–water partition coefficient (Wildman–Crippen LogP) is 6.44. The van der Waals surface area contributed by atoms with Crippen LogP contribution in [0.2, 0.25) is 0 Å². The zero-order chi connectivity index (χ0) is 16.7. The second kappa shape index (κ2) is 9.00. The number of ketones is 1. The van der Waals surface area contributed by atoms with Crippen molar-refractivity contribution in [3.63, 3.8) is 0 Å². The van der Waals surface area contributed by atoms with Gasteiger partial charge in [0, 0.05) is 0 Å². The van der Waals surface area contributed by atoms with E-state index in [2.05, 4.69) is 13.5 Å². The predicted molar refractivity (Wildman–Crippen MR) is 94.4 cm³/mol. The fourth-order valence-electron chi connectivity index (χ4n) is 3.74. The first-order chi connectivity index (χ1) is 11.2. The summed E-state index contributed by atoms with van der Waals surface area (Å²) in [6.07, 6.45) is 12.7. The third-order valence-electron chi connectivity index (χ3n) is 5.23. The molecule has 0 bridgehead atoms. The van der Waals surface area contributed by atoms with E-state index < -0.39 is 5.82 Å². The monoisotopic (exact) mass is 316 g/mol. The normalized spacial score (nSPS) is 21.1. The average molecular weight is 316 g/mol. The quantitative estimate of drug-likeness (QED) is 0.306. The van der Waals surface area contributed by atoms with Crippen LogP contribution < -0.4 is 0 Å². The molecule has 0 aromatic heterocycles. The van der Waals surface area contributed by atoms with Crippen molar-refractivity contribution in [3.05, 3.63) is 47.8 Å². The van der Waals surface area contributed by atoms with Crippen molar-refractivity contribution in [1.29, 1.82) is 0 Å². The lowest BCUT2D eigenvalue weighted by Gasteiger charge is -2.29. The SMILES string of the molecule is C=CC(=O)c1ccc([C@H]2CC[C@H](CCCCCC)CC2)cc1F. The lowest BCUT2D eigenvalue weighted by atomic mass is 9.77. The largest absolute Gasteiger partial charge is 0.289 e. The van der Waals surface area contributed by atoms with Gasteiger partial charge in [-0.2, -0.15) is 0 Å². The molecule has 126 valence electrons. The summed E-state index contributed by atoms with van der Waals surface area (Å²) < 4.78 is 14.1. The molecular weight excluding hydrogens is 287 g/mol. The van der Waals surface area contributed by atoms with Crippen LogP contribution in [0.15, 0.2) is 30.9 Å². The Morgan fingerprint density at radius 2 is 1.96 bits per heavy atom. The summed E-state index contributed by atoms with van der Waals surface area (Å²) in [7, 11) is 0. The number of halogens is 1. The summed E-state index contributed by atoms with van der Waals surface area (Å²) in [5, 5.41) is 0. The first-order valence-electron chi connectivity index (χ1n) is 9.12. The average Bonchev–Trinajstić information content (AvgIpc) is 2.58. The van der Waals surface area contributed by atoms with Gasteiger partial charge >= 0.3 is 0 Å². The minimum Gasteiger partial charge on any atom is -0.289 e. The van der Waals surface area contributed by atoms with E-state index in [-0.39, 0.29) is 11.3 Å². The molecule has 0 radical (unpaired) electrons. The van der Waals surface area contributed by atoms with Gasteiger partial charge in [-0.15, -0.1) is 0 Å². The van der Waals surface area contributed by atoms with Crippen molar-refractivity contribution in [2.24, 2.45) is 5.92 Å². The van der Waals surface area contributed by atoms with E-state index in [1.165, 1.54) is 51.0 Å². The topological polar surface area (TPSA) is 17.1 Å². The Balaban J connectivity index is 1.86.